The van der Waals surface area contributed by atoms with Crippen LogP contribution in [0.4, 0.5) is 22.5 Å². The third-order valence-corrected chi connectivity index (χ3v) is 5.54. The fraction of sp³-hybridized carbons (Fsp3) is 0.353. The molecule has 4 rings (SSSR count). The third-order valence-electron chi connectivity index (χ3n) is 4.59. The van der Waals surface area contributed by atoms with Crippen LogP contribution in [0, 0.1) is 16.0 Å². The van der Waals surface area contributed by atoms with E-state index in [1.165, 1.54) is 17.7 Å². The van der Waals surface area contributed by atoms with E-state index in [0.29, 0.717) is 16.9 Å². The van der Waals surface area contributed by atoms with Gasteiger partial charge in [0.15, 0.2) is 5.13 Å². The summed E-state index contributed by atoms with van der Waals surface area (Å²) >= 11 is 1.44. The van der Waals surface area contributed by atoms with Crippen molar-refractivity contribution in [2.45, 2.75) is 19.8 Å². The number of aromatic nitrogens is 3. The highest BCUT2D eigenvalue weighted by Gasteiger charge is 2.29. The molecule has 1 N–H and O–H groups in total. The Labute approximate surface area is 154 Å². The van der Waals surface area contributed by atoms with E-state index in [0.717, 1.165) is 36.1 Å². The van der Waals surface area contributed by atoms with E-state index >= 15 is 0 Å². The van der Waals surface area contributed by atoms with E-state index in [1.54, 1.807) is 0 Å². The van der Waals surface area contributed by atoms with Crippen molar-refractivity contribution < 1.29 is 4.92 Å². The van der Waals surface area contributed by atoms with Gasteiger partial charge >= 0.3 is 5.69 Å². The summed E-state index contributed by atoms with van der Waals surface area (Å²) in [5.41, 5.74) is 0.753. The molecule has 26 heavy (non-hydrogen) atoms. The number of anilines is 3. The van der Waals surface area contributed by atoms with Crippen molar-refractivity contribution in [3.63, 3.8) is 0 Å². The third kappa shape index (κ3) is 3.17. The van der Waals surface area contributed by atoms with E-state index in [2.05, 4.69) is 27.2 Å². The van der Waals surface area contributed by atoms with Crippen LogP contribution in [0.15, 0.2) is 30.6 Å². The number of hydrogen-bond acceptors (Lipinski definition) is 8. The molecule has 1 fully saturated rings. The van der Waals surface area contributed by atoms with Crippen molar-refractivity contribution in [3.8, 4) is 0 Å². The van der Waals surface area contributed by atoms with Gasteiger partial charge in [0.05, 0.1) is 15.1 Å². The number of thiazole rings is 1. The highest BCUT2D eigenvalue weighted by atomic mass is 32.1. The number of nitrogens with zero attached hydrogens (tertiary/aromatic N) is 5. The minimum absolute atomic E-state index is 0.0960. The molecule has 0 amide bonds. The molecule has 0 spiro atoms. The Morgan fingerprint density at radius 1 is 1.27 bits per heavy atom. The molecule has 134 valence electrons. The molecule has 1 aliphatic heterocycles. The van der Waals surface area contributed by atoms with E-state index in [4.69, 9.17) is 0 Å². The second-order valence-corrected chi connectivity index (χ2v) is 7.46. The second-order valence-electron chi connectivity index (χ2n) is 6.43. The van der Waals surface area contributed by atoms with Gasteiger partial charge in [0.25, 0.3) is 0 Å². The summed E-state index contributed by atoms with van der Waals surface area (Å²) < 4.78 is 1.01. The molecule has 3 aromatic rings. The molecule has 0 unspecified atom stereocenters. The lowest BCUT2D eigenvalue weighted by Crippen LogP contribution is -2.34. The lowest BCUT2D eigenvalue weighted by atomic mass is 9.99. The Bertz CT molecular complexity index is 918. The van der Waals surface area contributed by atoms with Crippen molar-refractivity contribution >= 4 is 44.0 Å². The Morgan fingerprint density at radius 2 is 2.04 bits per heavy atom. The first kappa shape index (κ1) is 16.6. The molecule has 0 aliphatic carbocycles. The van der Waals surface area contributed by atoms with Gasteiger partial charge in [0.2, 0.25) is 11.6 Å². The number of benzene rings is 1. The van der Waals surface area contributed by atoms with Crippen molar-refractivity contribution in [2.75, 3.05) is 23.3 Å². The zero-order valence-electron chi connectivity index (χ0n) is 14.3. The molecule has 0 atom stereocenters. The van der Waals surface area contributed by atoms with Gasteiger partial charge in [-0.05, 0) is 30.9 Å². The zero-order valence-corrected chi connectivity index (χ0v) is 15.1. The van der Waals surface area contributed by atoms with Crippen LogP contribution in [0.5, 0.6) is 0 Å². The monoisotopic (exact) mass is 370 g/mol. The first-order valence-electron chi connectivity index (χ1n) is 8.49. The molecule has 9 heteroatoms. The number of nitrogens with one attached hydrogen (secondary N) is 1. The second kappa shape index (κ2) is 6.83. The van der Waals surface area contributed by atoms with Crippen molar-refractivity contribution in [3.05, 3.63) is 40.7 Å². The predicted octanol–water partition coefficient (Wildman–Crippen LogP) is 3.97. The summed E-state index contributed by atoms with van der Waals surface area (Å²) in [6.07, 6.45) is 3.37. The first-order chi connectivity index (χ1) is 12.6. The molecule has 1 saturated heterocycles. The SMILES string of the molecule is CC1CCN(c2ncnc(Nc3nc4ccccc4s3)c2[N+](=O)[O-])CC1. The predicted molar refractivity (Wildman–Crippen MR) is 102 cm³/mol. The summed E-state index contributed by atoms with van der Waals surface area (Å²) in [6, 6.07) is 7.72. The van der Waals surface area contributed by atoms with Gasteiger partial charge < -0.3 is 10.2 Å². The molecule has 0 radical (unpaired) electrons. The van der Waals surface area contributed by atoms with Crippen LogP contribution >= 0.6 is 11.3 Å². The molecular formula is C17H18N6O2S. The van der Waals surface area contributed by atoms with Crippen molar-refractivity contribution in [1.82, 2.24) is 15.0 Å². The van der Waals surface area contributed by atoms with Crippen molar-refractivity contribution in [2.24, 2.45) is 5.92 Å². The van der Waals surface area contributed by atoms with Crippen LogP contribution in [0.3, 0.4) is 0 Å². The van der Waals surface area contributed by atoms with Gasteiger partial charge in [-0.3, -0.25) is 10.1 Å². The number of hydrogen-bond donors (Lipinski definition) is 1. The minimum Gasteiger partial charge on any atom is -0.351 e. The fourth-order valence-electron chi connectivity index (χ4n) is 3.11. The lowest BCUT2D eigenvalue weighted by molar-refractivity contribution is -0.383. The summed E-state index contributed by atoms with van der Waals surface area (Å²) in [7, 11) is 0. The van der Waals surface area contributed by atoms with Crippen LogP contribution in [-0.2, 0) is 0 Å². The Balaban J connectivity index is 1.69. The molecular weight excluding hydrogens is 352 g/mol. The first-order valence-corrected chi connectivity index (χ1v) is 9.30. The standard InChI is InChI=1S/C17H18N6O2S/c1-11-6-8-22(9-7-11)16-14(23(24)25)15(18-10-19-16)21-17-20-12-4-2-3-5-13(12)26-17/h2-5,10-11H,6-9H2,1H3,(H,18,19,20,21). The Kier molecular flexibility index (Phi) is 4.37. The number of rotatable bonds is 4. The number of piperidine rings is 1. The molecule has 8 nitrogen and oxygen atoms in total. The van der Waals surface area contributed by atoms with Crippen LogP contribution in [0.2, 0.25) is 0 Å². The summed E-state index contributed by atoms with van der Waals surface area (Å²) in [4.78, 5) is 26.1. The molecule has 1 aliphatic rings. The van der Waals surface area contributed by atoms with E-state index < -0.39 is 4.92 Å². The fourth-order valence-corrected chi connectivity index (χ4v) is 3.97. The molecule has 1 aromatic carbocycles. The maximum atomic E-state index is 11.8. The lowest BCUT2D eigenvalue weighted by Gasteiger charge is -2.30. The van der Waals surface area contributed by atoms with Gasteiger partial charge in [-0.1, -0.05) is 30.4 Å². The Hall–Kier alpha value is -2.81. The van der Waals surface area contributed by atoms with Gasteiger partial charge in [-0.25, -0.2) is 15.0 Å². The average Bonchev–Trinajstić information content (AvgIpc) is 3.04. The molecule has 2 aromatic heterocycles. The van der Waals surface area contributed by atoms with Crippen molar-refractivity contribution in [1.29, 1.82) is 0 Å². The molecule has 0 saturated carbocycles. The molecule has 0 bridgehead atoms. The van der Waals surface area contributed by atoms with E-state index in [-0.39, 0.29) is 11.5 Å². The van der Waals surface area contributed by atoms with Gasteiger partial charge in [-0.2, -0.15) is 0 Å². The summed E-state index contributed by atoms with van der Waals surface area (Å²) in [5, 5.41) is 15.3. The van der Waals surface area contributed by atoms with E-state index in [1.807, 2.05) is 29.2 Å². The zero-order chi connectivity index (χ0) is 18.1. The maximum absolute atomic E-state index is 11.8. The highest BCUT2D eigenvalue weighted by Crippen LogP contribution is 2.36. The smallest absolute Gasteiger partial charge is 0.351 e. The Morgan fingerprint density at radius 3 is 2.77 bits per heavy atom. The van der Waals surface area contributed by atoms with Crippen LogP contribution in [-0.4, -0.2) is 33.0 Å². The summed E-state index contributed by atoms with van der Waals surface area (Å²) in [6.45, 7) is 3.73. The van der Waals surface area contributed by atoms with Crippen LogP contribution < -0.4 is 10.2 Å². The van der Waals surface area contributed by atoms with E-state index in [9.17, 15) is 10.1 Å². The van der Waals surface area contributed by atoms with Gasteiger partial charge in [-0.15, -0.1) is 0 Å². The number of fused-ring (bicyclic) bond motifs is 1. The average molecular weight is 370 g/mol. The van der Waals surface area contributed by atoms with Crippen LogP contribution in [0.25, 0.3) is 10.2 Å². The maximum Gasteiger partial charge on any atom is 0.353 e. The minimum atomic E-state index is -0.414. The topological polar surface area (TPSA) is 97.1 Å². The summed E-state index contributed by atoms with van der Waals surface area (Å²) in [5.74, 6) is 1.19. The highest BCUT2D eigenvalue weighted by molar-refractivity contribution is 7.22. The number of para-hydroxylation sites is 1. The van der Waals surface area contributed by atoms with Gasteiger partial charge in [0.1, 0.15) is 6.33 Å². The van der Waals surface area contributed by atoms with Gasteiger partial charge in [0, 0.05) is 13.1 Å². The molecule has 3 heterocycles. The quantitative estimate of drug-likeness (QED) is 0.548. The normalized spacial score (nSPS) is 15.3. The number of nitro groups is 1. The largest absolute Gasteiger partial charge is 0.353 e. The van der Waals surface area contributed by atoms with Crippen LogP contribution in [0.1, 0.15) is 19.8 Å².